The van der Waals surface area contributed by atoms with Gasteiger partial charge in [-0.3, -0.25) is 0 Å². The molecule has 0 fully saturated rings. The van der Waals surface area contributed by atoms with Crippen molar-refractivity contribution in [2.24, 2.45) is 0 Å². The van der Waals surface area contributed by atoms with Gasteiger partial charge in [-0.2, -0.15) is 0 Å². The average Bonchev–Trinajstić information content (AvgIpc) is 2.37. The maximum atomic E-state index is 9.75. The van der Waals surface area contributed by atoms with Gasteiger partial charge in [-0.25, -0.2) is 0 Å². The molecule has 0 spiro atoms. The summed E-state index contributed by atoms with van der Waals surface area (Å²) >= 11 is 0. The number of nitrogens with two attached hydrogens (primary N) is 2. The van der Waals surface area contributed by atoms with Gasteiger partial charge in [-0.1, -0.05) is 0 Å². The third-order valence-electron chi connectivity index (χ3n) is 2.10. The lowest BCUT2D eigenvalue weighted by molar-refractivity contribution is -0.579. The maximum absolute atomic E-state index is 9.75. The second-order valence-corrected chi connectivity index (χ2v) is 3.97. The van der Waals surface area contributed by atoms with Gasteiger partial charge in [0.05, 0.1) is 25.5 Å². The lowest BCUT2D eigenvalue weighted by atomic mass is 10.0. The predicted molar refractivity (Wildman–Crippen MR) is 68.4 cm³/mol. The van der Waals surface area contributed by atoms with Crippen molar-refractivity contribution in [3.8, 4) is 0 Å². The van der Waals surface area contributed by atoms with Gasteiger partial charge >= 0.3 is 14.5 Å². The molecule has 0 amide bonds. The fourth-order valence-electron chi connectivity index (χ4n) is 1.45. The molecule has 0 saturated carbocycles. The topological polar surface area (TPSA) is 33.2 Å². The Labute approximate surface area is 121 Å². The summed E-state index contributed by atoms with van der Waals surface area (Å²) in [5.41, 5.74) is 2.73. The fraction of sp³-hybridized carbons (Fsp3) is 0.200. The highest BCUT2D eigenvalue weighted by atomic mass is 19.5. The molecule has 2 rings (SSSR count). The number of rotatable bonds is 1. The molecule has 0 saturated heterocycles. The van der Waals surface area contributed by atoms with Crippen LogP contribution in [0.5, 0.6) is 0 Å². The number of halogens is 8. The quantitative estimate of drug-likeness (QED) is 0.539. The second-order valence-electron chi connectivity index (χ2n) is 3.97. The lowest BCUT2D eigenvalue weighted by Crippen LogP contribution is -2.78. The zero-order chi connectivity index (χ0) is 17.2. The van der Waals surface area contributed by atoms with E-state index >= 15 is 0 Å². The molecule has 2 aliphatic heterocycles. The molecule has 4 N–H and O–H groups in total. The summed E-state index contributed by atoms with van der Waals surface area (Å²) in [6.07, 6.45) is 13.1. The van der Waals surface area contributed by atoms with Crippen molar-refractivity contribution in [1.82, 2.24) is 0 Å². The molecule has 0 bridgehead atoms. The van der Waals surface area contributed by atoms with Crippen LogP contribution in [0.25, 0.3) is 0 Å². The molecule has 0 unspecified atom stereocenters. The lowest BCUT2D eigenvalue weighted by Gasteiger charge is -2.08. The summed E-state index contributed by atoms with van der Waals surface area (Å²) in [6, 6.07) is 0. The molecule has 0 aliphatic carbocycles. The van der Waals surface area contributed by atoms with E-state index in [0.717, 1.165) is 13.1 Å². The van der Waals surface area contributed by atoms with Crippen LogP contribution in [0, 0.1) is 0 Å². The highest BCUT2D eigenvalue weighted by Gasteiger charge is 2.21. The molecular weight excluding hydrogens is 322 g/mol. The molecule has 126 valence electrons. The summed E-state index contributed by atoms with van der Waals surface area (Å²) in [5.74, 6) is 0. The molecule has 2 heterocycles. The molecule has 0 aromatic rings. The molecule has 2 aliphatic rings. The van der Waals surface area contributed by atoms with E-state index in [1.54, 1.807) is 0 Å². The first-order valence-corrected chi connectivity index (χ1v) is 6.12. The van der Waals surface area contributed by atoms with E-state index in [1.807, 2.05) is 0 Å². The van der Waals surface area contributed by atoms with E-state index < -0.39 is 14.5 Å². The molecular formula is C10H14B2F8N2. The van der Waals surface area contributed by atoms with Crippen LogP contribution in [0.4, 0.5) is 34.5 Å². The van der Waals surface area contributed by atoms with Gasteiger partial charge in [0.1, 0.15) is 0 Å². The van der Waals surface area contributed by atoms with Gasteiger partial charge in [0.15, 0.2) is 0 Å². The third kappa shape index (κ3) is 16.5. The summed E-state index contributed by atoms with van der Waals surface area (Å²) in [5, 5.41) is 4.34. The monoisotopic (exact) mass is 336 g/mol. The SMILES string of the molecule is C1=CC(C2=CC[NH2+]C=C2)=CC[NH2+]1.F[B-](F)(F)F.F[B-](F)(F)F. The minimum atomic E-state index is -6.00. The van der Waals surface area contributed by atoms with Crippen molar-refractivity contribution in [2.45, 2.75) is 0 Å². The summed E-state index contributed by atoms with van der Waals surface area (Å²) in [7, 11) is -12.0. The fourth-order valence-corrected chi connectivity index (χ4v) is 1.45. The first kappa shape index (κ1) is 20.4. The van der Waals surface area contributed by atoms with Crippen molar-refractivity contribution in [3.63, 3.8) is 0 Å². The highest BCUT2D eigenvalue weighted by Crippen LogP contribution is 2.13. The zero-order valence-electron chi connectivity index (χ0n) is 11.2. The van der Waals surface area contributed by atoms with Crippen molar-refractivity contribution >= 4 is 14.5 Å². The molecule has 12 heteroatoms. The van der Waals surface area contributed by atoms with E-state index in [4.69, 9.17) is 0 Å². The number of quaternary nitrogens is 2. The Morgan fingerprint density at radius 3 is 1.09 bits per heavy atom. The number of hydrogen-bond donors (Lipinski definition) is 2. The van der Waals surface area contributed by atoms with Gasteiger partial charge in [0.25, 0.3) is 0 Å². The largest absolute Gasteiger partial charge is 0.673 e. The van der Waals surface area contributed by atoms with Crippen LogP contribution in [-0.2, 0) is 0 Å². The van der Waals surface area contributed by atoms with Crippen molar-refractivity contribution in [3.05, 3.63) is 47.9 Å². The number of allylic oxidation sites excluding steroid dienone is 4. The minimum absolute atomic E-state index is 1.07. The second kappa shape index (κ2) is 9.46. The van der Waals surface area contributed by atoms with Crippen molar-refractivity contribution in [2.75, 3.05) is 13.1 Å². The van der Waals surface area contributed by atoms with Crippen LogP contribution in [0.3, 0.4) is 0 Å². The highest BCUT2D eigenvalue weighted by molar-refractivity contribution is 6.50. The average molecular weight is 336 g/mol. The molecule has 0 aromatic carbocycles. The number of hydrogen-bond acceptors (Lipinski definition) is 0. The molecule has 0 radical (unpaired) electrons. The Morgan fingerprint density at radius 1 is 0.636 bits per heavy atom. The Bertz CT molecular complexity index is 397. The Hall–Kier alpha value is -1.55. The normalized spacial score (nSPS) is 17.5. The first-order chi connectivity index (χ1) is 9.97. The summed E-state index contributed by atoms with van der Waals surface area (Å²) < 4.78 is 78.0. The van der Waals surface area contributed by atoms with Crippen LogP contribution in [0.2, 0.25) is 0 Å². The Morgan fingerprint density at radius 2 is 0.909 bits per heavy atom. The van der Waals surface area contributed by atoms with Gasteiger partial charge in [-0.15, -0.1) is 0 Å². The smallest absolute Gasteiger partial charge is 0.418 e. The minimum Gasteiger partial charge on any atom is -0.418 e. The van der Waals surface area contributed by atoms with Gasteiger partial charge in [-0.05, 0) is 35.5 Å². The van der Waals surface area contributed by atoms with Crippen LogP contribution in [-0.4, -0.2) is 27.6 Å². The molecule has 2 nitrogen and oxygen atoms in total. The van der Waals surface area contributed by atoms with Crippen molar-refractivity contribution < 1.29 is 45.2 Å². The van der Waals surface area contributed by atoms with E-state index in [0.29, 0.717) is 0 Å². The predicted octanol–water partition coefficient (Wildman–Crippen LogP) is 1.62. The van der Waals surface area contributed by atoms with Gasteiger partial charge < -0.3 is 45.2 Å². The van der Waals surface area contributed by atoms with E-state index in [2.05, 4.69) is 47.3 Å². The van der Waals surface area contributed by atoms with Crippen molar-refractivity contribution in [1.29, 1.82) is 0 Å². The van der Waals surface area contributed by atoms with E-state index in [-0.39, 0.29) is 0 Å². The summed E-state index contributed by atoms with van der Waals surface area (Å²) in [4.78, 5) is 0. The van der Waals surface area contributed by atoms with Gasteiger partial charge in [0.2, 0.25) is 0 Å². The zero-order valence-corrected chi connectivity index (χ0v) is 11.2. The van der Waals surface area contributed by atoms with E-state index in [1.165, 1.54) is 11.1 Å². The Balaban J connectivity index is 0.000000372. The first-order valence-electron chi connectivity index (χ1n) is 6.12. The maximum Gasteiger partial charge on any atom is 0.673 e. The Kier molecular flexibility index (Phi) is 8.80. The van der Waals surface area contributed by atoms with Crippen LogP contribution < -0.4 is 10.6 Å². The summed E-state index contributed by atoms with van der Waals surface area (Å²) in [6.45, 7) is 2.14. The standard InChI is InChI=1S/C10H12N2.2BF4/c1-5-11-6-2-9(1)10-3-7-12-8-4-10;2*2-1(3,4)5/h1-5,7,11-12H,6,8H2;;/q;2*-1/p+2. The van der Waals surface area contributed by atoms with Crippen LogP contribution >= 0.6 is 0 Å². The van der Waals surface area contributed by atoms with Gasteiger partial charge in [0, 0.05) is 0 Å². The third-order valence-corrected chi connectivity index (χ3v) is 2.10. The molecule has 0 atom stereocenters. The molecule has 0 aromatic heterocycles. The molecule has 22 heavy (non-hydrogen) atoms. The van der Waals surface area contributed by atoms with Crippen LogP contribution in [0.15, 0.2) is 47.9 Å². The van der Waals surface area contributed by atoms with Crippen LogP contribution in [0.1, 0.15) is 0 Å². The van der Waals surface area contributed by atoms with E-state index in [9.17, 15) is 34.5 Å².